The minimum Gasteiger partial charge on any atom is -0.548 e. The van der Waals surface area contributed by atoms with E-state index in [0.717, 1.165) is 5.75 Å². The van der Waals surface area contributed by atoms with Crippen LogP contribution in [0.5, 0.6) is 11.6 Å². The van der Waals surface area contributed by atoms with Crippen molar-refractivity contribution in [1.82, 2.24) is 9.97 Å². The van der Waals surface area contributed by atoms with Crippen LogP contribution < -0.4 is 19.9 Å². The number of anilines is 1. The molecule has 1 heterocycles. The normalized spacial score (nSPS) is 12.3. The number of carboxylic acid groups (broad SMARTS) is 1. The van der Waals surface area contributed by atoms with Gasteiger partial charge in [0.2, 0.25) is 11.8 Å². The van der Waals surface area contributed by atoms with Crippen LogP contribution in [0.4, 0.5) is 5.95 Å². The van der Waals surface area contributed by atoms with Crippen LogP contribution in [0.1, 0.15) is 0 Å². The van der Waals surface area contributed by atoms with Gasteiger partial charge in [-0.25, -0.2) is 4.98 Å². The molecule has 27 heavy (non-hydrogen) atoms. The molecule has 8 nitrogen and oxygen atoms in total. The zero-order chi connectivity index (χ0) is 19.9. The van der Waals surface area contributed by atoms with Crippen LogP contribution in [0, 0.1) is 0 Å². The van der Waals surface area contributed by atoms with E-state index in [1.807, 2.05) is 51.5 Å². The first-order valence-corrected chi connectivity index (χ1v) is 8.74. The second-order valence-corrected chi connectivity index (χ2v) is 7.24. The van der Waals surface area contributed by atoms with Crippen molar-refractivity contribution >= 4 is 23.5 Å². The van der Waals surface area contributed by atoms with Gasteiger partial charge in [-0.15, -0.1) is 0 Å². The third-order valence-electron chi connectivity index (χ3n) is 3.33. The Balaban J connectivity index is 1.95. The van der Waals surface area contributed by atoms with Crippen molar-refractivity contribution in [2.24, 2.45) is 0 Å². The molecule has 1 N–H and O–H groups in total. The summed E-state index contributed by atoms with van der Waals surface area (Å²) < 4.78 is 11.5. The Labute approximate surface area is 163 Å². The fourth-order valence-electron chi connectivity index (χ4n) is 2.24. The summed E-state index contributed by atoms with van der Waals surface area (Å²) in [7, 11) is 5.62. The van der Waals surface area contributed by atoms with E-state index in [4.69, 9.17) is 21.1 Å². The molecule has 1 aromatic heterocycles. The van der Waals surface area contributed by atoms with Gasteiger partial charge in [0.15, 0.2) is 0 Å². The number of rotatable bonds is 10. The fraction of sp³-hybridized carbons (Fsp3) is 0.389. The van der Waals surface area contributed by atoms with E-state index in [2.05, 4.69) is 15.3 Å². The van der Waals surface area contributed by atoms with Crippen LogP contribution in [-0.2, 0) is 4.79 Å². The molecule has 2 rings (SSSR count). The maximum Gasteiger partial charge on any atom is 0.228 e. The van der Waals surface area contributed by atoms with E-state index >= 15 is 0 Å². The zero-order valence-corrected chi connectivity index (χ0v) is 16.3. The summed E-state index contributed by atoms with van der Waals surface area (Å²) in [5, 5.41) is 14.2. The largest absolute Gasteiger partial charge is 0.548 e. The van der Waals surface area contributed by atoms with Gasteiger partial charge in [-0.1, -0.05) is 29.8 Å². The third kappa shape index (κ3) is 7.67. The number of likely N-dealkylation sites (N-methyl/N-ethyl adjacent to an activating group) is 1. The lowest BCUT2D eigenvalue weighted by Gasteiger charge is -2.30. The summed E-state index contributed by atoms with van der Waals surface area (Å²) >= 11 is 5.99. The average Bonchev–Trinajstić information content (AvgIpc) is 2.57. The highest BCUT2D eigenvalue weighted by molar-refractivity contribution is 6.29. The fourth-order valence-corrected chi connectivity index (χ4v) is 2.41. The van der Waals surface area contributed by atoms with Crippen molar-refractivity contribution < 1.29 is 23.9 Å². The van der Waals surface area contributed by atoms with Crippen LogP contribution in [0.2, 0.25) is 5.15 Å². The number of ether oxygens (including phenoxy) is 2. The molecule has 0 aliphatic heterocycles. The monoisotopic (exact) mass is 394 g/mol. The molecule has 0 spiro atoms. The van der Waals surface area contributed by atoms with Crippen LogP contribution in [0.3, 0.4) is 0 Å². The summed E-state index contributed by atoms with van der Waals surface area (Å²) in [6.45, 7) is 0.835. The molecule has 0 radical (unpaired) electrons. The molecule has 1 atom stereocenters. The molecular weight excluding hydrogens is 372 g/mol. The lowest BCUT2D eigenvalue weighted by Crippen LogP contribution is -2.52. The Morgan fingerprint density at radius 2 is 1.85 bits per heavy atom. The highest BCUT2D eigenvalue weighted by Gasteiger charge is 2.20. The van der Waals surface area contributed by atoms with Gasteiger partial charge >= 0.3 is 0 Å². The molecule has 2 aromatic rings. The first kappa shape index (κ1) is 20.7. The van der Waals surface area contributed by atoms with Crippen molar-refractivity contribution in [2.45, 2.75) is 6.04 Å². The van der Waals surface area contributed by atoms with E-state index in [-0.39, 0.29) is 30.1 Å². The predicted molar refractivity (Wildman–Crippen MR) is 99.8 cm³/mol. The van der Waals surface area contributed by atoms with Gasteiger partial charge in [0, 0.05) is 6.07 Å². The van der Waals surface area contributed by atoms with E-state index in [1.54, 1.807) is 0 Å². The van der Waals surface area contributed by atoms with Gasteiger partial charge in [-0.2, -0.15) is 4.98 Å². The molecule has 0 bridgehead atoms. The van der Waals surface area contributed by atoms with Crippen LogP contribution >= 0.6 is 11.6 Å². The average molecular weight is 395 g/mol. The number of carboxylic acids is 1. The van der Waals surface area contributed by atoms with E-state index in [0.29, 0.717) is 11.1 Å². The summed E-state index contributed by atoms with van der Waals surface area (Å²) in [4.78, 5) is 19.5. The zero-order valence-electron chi connectivity index (χ0n) is 15.5. The molecule has 1 unspecified atom stereocenters. The number of quaternary nitrogens is 1. The smallest absolute Gasteiger partial charge is 0.228 e. The topological polar surface area (TPSA) is 96.4 Å². The van der Waals surface area contributed by atoms with Crippen molar-refractivity contribution in [3.8, 4) is 11.6 Å². The first-order valence-electron chi connectivity index (χ1n) is 8.36. The molecule has 0 saturated carbocycles. The van der Waals surface area contributed by atoms with Crippen LogP contribution in [0.15, 0.2) is 36.4 Å². The Kier molecular flexibility index (Phi) is 7.20. The minimum atomic E-state index is -1.25. The van der Waals surface area contributed by atoms with Gasteiger partial charge in [-0.05, 0) is 12.1 Å². The quantitative estimate of drug-likeness (QED) is 0.362. The number of carbonyl (C=O) groups excluding carboxylic acids is 1. The van der Waals surface area contributed by atoms with Gasteiger partial charge < -0.3 is 29.2 Å². The molecule has 0 amide bonds. The number of aliphatic carboxylic acids is 1. The van der Waals surface area contributed by atoms with Crippen molar-refractivity contribution in [2.75, 3.05) is 46.2 Å². The Hall–Kier alpha value is -2.58. The van der Waals surface area contributed by atoms with E-state index < -0.39 is 12.0 Å². The molecular formula is C18H23ClN4O4. The van der Waals surface area contributed by atoms with Crippen molar-refractivity contribution in [1.29, 1.82) is 0 Å². The number of aromatic nitrogens is 2. The molecule has 9 heteroatoms. The highest BCUT2D eigenvalue weighted by atomic mass is 35.5. The summed E-state index contributed by atoms with van der Waals surface area (Å²) in [5.41, 5.74) is 0. The lowest BCUT2D eigenvalue weighted by atomic mass is 10.2. The maximum atomic E-state index is 11.4. The molecule has 1 aromatic carbocycles. The van der Waals surface area contributed by atoms with E-state index in [1.165, 1.54) is 6.07 Å². The lowest BCUT2D eigenvalue weighted by molar-refractivity contribution is -0.870. The standard InChI is InChI=1S/C18H23ClN4O4/c1-23(2,3)12-14(17(24)25)20-18-21-15(19)11-16(22-18)27-10-9-26-13-7-5-4-6-8-13/h4-8,11,14H,9-10,12H2,1-3H3,(H-,20,21,22,24,25). The minimum absolute atomic E-state index is 0.0594. The Morgan fingerprint density at radius 1 is 1.19 bits per heavy atom. The summed E-state index contributed by atoms with van der Waals surface area (Å²) in [6.07, 6.45) is 0. The number of nitrogens with one attached hydrogen (secondary N) is 1. The first-order chi connectivity index (χ1) is 12.7. The number of halogens is 1. The molecule has 146 valence electrons. The van der Waals surface area contributed by atoms with Crippen molar-refractivity contribution in [3.63, 3.8) is 0 Å². The molecule has 0 fully saturated rings. The predicted octanol–water partition coefficient (Wildman–Crippen LogP) is 0.824. The second-order valence-electron chi connectivity index (χ2n) is 6.85. The van der Waals surface area contributed by atoms with Gasteiger partial charge in [0.05, 0.1) is 27.1 Å². The summed E-state index contributed by atoms with van der Waals surface area (Å²) in [6, 6.07) is 9.82. The van der Waals surface area contributed by atoms with Crippen LogP contribution in [0.25, 0.3) is 0 Å². The third-order valence-corrected chi connectivity index (χ3v) is 3.53. The molecule has 0 aliphatic carbocycles. The van der Waals surface area contributed by atoms with Crippen molar-refractivity contribution in [3.05, 3.63) is 41.6 Å². The number of nitrogens with zero attached hydrogens (tertiary/aromatic N) is 3. The van der Waals surface area contributed by atoms with Gasteiger partial charge in [-0.3, -0.25) is 0 Å². The Bertz CT molecular complexity index is 753. The highest BCUT2D eigenvalue weighted by Crippen LogP contribution is 2.17. The number of carbonyl (C=O) groups is 1. The number of para-hydroxylation sites is 1. The molecule has 0 saturated heterocycles. The summed E-state index contributed by atoms with van der Waals surface area (Å²) in [5.74, 6) is -0.229. The molecule has 0 aliphatic rings. The van der Waals surface area contributed by atoms with Gasteiger partial charge in [0.25, 0.3) is 0 Å². The van der Waals surface area contributed by atoms with Crippen LogP contribution in [-0.4, -0.2) is 67.4 Å². The van der Waals surface area contributed by atoms with Gasteiger partial charge in [0.1, 0.15) is 36.7 Å². The Morgan fingerprint density at radius 3 is 2.48 bits per heavy atom. The number of hydrogen-bond acceptors (Lipinski definition) is 7. The number of benzene rings is 1. The second kappa shape index (κ2) is 9.38. The number of hydrogen-bond donors (Lipinski definition) is 1. The van der Waals surface area contributed by atoms with E-state index in [9.17, 15) is 9.90 Å². The SMILES string of the molecule is C[N+](C)(C)CC(Nc1nc(Cl)cc(OCCOc2ccccc2)n1)C(=O)[O-]. The maximum absolute atomic E-state index is 11.4.